The topological polar surface area (TPSA) is 66.4 Å². The number of aliphatic carboxylic acids is 1. The van der Waals surface area contributed by atoms with Crippen LogP contribution in [0.5, 0.6) is 0 Å². The molecule has 0 unspecified atom stereocenters. The summed E-state index contributed by atoms with van der Waals surface area (Å²) in [5, 5.41) is 12.0. The van der Waals surface area contributed by atoms with Gasteiger partial charge in [0.2, 0.25) is 0 Å². The van der Waals surface area contributed by atoms with Gasteiger partial charge in [0.05, 0.1) is 0 Å². The molecule has 2 aromatic rings. The van der Waals surface area contributed by atoms with Gasteiger partial charge in [0.15, 0.2) is 0 Å². The Balaban J connectivity index is 2.13. The molecular weight excluding hydrogens is 382 g/mol. The van der Waals surface area contributed by atoms with Crippen molar-refractivity contribution in [1.29, 1.82) is 0 Å². The zero-order valence-electron chi connectivity index (χ0n) is 14.5. The number of amides is 1. The van der Waals surface area contributed by atoms with Crippen LogP contribution >= 0.6 is 15.9 Å². The molecule has 0 saturated heterocycles. The second kappa shape index (κ2) is 7.83. The number of halogens is 1. The summed E-state index contributed by atoms with van der Waals surface area (Å²) in [6, 6.07) is 13.7. The summed E-state index contributed by atoms with van der Waals surface area (Å²) >= 11 is 3.41. The van der Waals surface area contributed by atoms with E-state index in [1.54, 1.807) is 12.1 Å². The van der Waals surface area contributed by atoms with Crippen LogP contribution < -0.4 is 5.32 Å². The highest BCUT2D eigenvalue weighted by Crippen LogP contribution is 2.22. The standard InChI is InChI=1S/C20H22BrNO3/c1-20(2,3)15-10-8-13(9-11-15)18(23)22-17(19(24)25)12-14-6-4-5-7-16(14)21/h4-11,17H,12H2,1-3H3,(H,22,23)(H,24,25)/t17-/m1/s1. The molecule has 0 radical (unpaired) electrons. The molecule has 0 heterocycles. The summed E-state index contributed by atoms with van der Waals surface area (Å²) in [7, 11) is 0. The lowest BCUT2D eigenvalue weighted by Crippen LogP contribution is -2.42. The van der Waals surface area contributed by atoms with Crippen LogP contribution in [0.25, 0.3) is 0 Å². The Kier molecular flexibility index (Phi) is 6.01. The fraction of sp³-hybridized carbons (Fsp3) is 0.300. The fourth-order valence-corrected chi connectivity index (χ4v) is 2.89. The third-order valence-electron chi connectivity index (χ3n) is 4.00. The SMILES string of the molecule is CC(C)(C)c1ccc(C(=O)N[C@H](Cc2ccccc2Br)C(=O)O)cc1. The smallest absolute Gasteiger partial charge is 0.326 e. The van der Waals surface area contributed by atoms with E-state index in [0.29, 0.717) is 5.56 Å². The highest BCUT2D eigenvalue weighted by Gasteiger charge is 2.22. The number of carboxylic acid groups (broad SMARTS) is 1. The molecule has 4 nitrogen and oxygen atoms in total. The van der Waals surface area contributed by atoms with Gasteiger partial charge in [-0.15, -0.1) is 0 Å². The molecule has 25 heavy (non-hydrogen) atoms. The third kappa shape index (κ3) is 5.16. The molecule has 0 spiro atoms. The van der Waals surface area contributed by atoms with E-state index in [1.807, 2.05) is 36.4 Å². The Hall–Kier alpha value is -2.14. The first-order valence-electron chi connectivity index (χ1n) is 8.06. The minimum atomic E-state index is -1.06. The Morgan fingerprint density at radius 2 is 1.68 bits per heavy atom. The normalized spacial score (nSPS) is 12.5. The van der Waals surface area contributed by atoms with Crippen LogP contribution in [0.3, 0.4) is 0 Å². The molecule has 2 rings (SSSR count). The predicted octanol–water partition coefficient (Wildman–Crippen LogP) is 4.17. The van der Waals surface area contributed by atoms with Crippen molar-refractivity contribution in [3.05, 3.63) is 69.7 Å². The lowest BCUT2D eigenvalue weighted by atomic mass is 9.86. The molecule has 132 valence electrons. The van der Waals surface area contributed by atoms with Gasteiger partial charge in [-0.1, -0.05) is 67.0 Å². The number of rotatable bonds is 5. The van der Waals surface area contributed by atoms with Crippen molar-refractivity contribution < 1.29 is 14.7 Å². The maximum atomic E-state index is 12.4. The fourth-order valence-electron chi connectivity index (χ4n) is 2.45. The summed E-state index contributed by atoms with van der Waals surface area (Å²) in [6.45, 7) is 6.29. The summed E-state index contributed by atoms with van der Waals surface area (Å²) in [5.74, 6) is -1.45. The molecule has 0 aliphatic heterocycles. The third-order valence-corrected chi connectivity index (χ3v) is 4.77. The molecule has 0 bridgehead atoms. The monoisotopic (exact) mass is 403 g/mol. The summed E-state index contributed by atoms with van der Waals surface area (Å²) < 4.78 is 0.824. The number of carboxylic acids is 1. The Labute approximate surface area is 156 Å². The van der Waals surface area contributed by atoms with E-state index < -0.39 is 12.0 Å². The first kappa shape index (κ1) is 19.2. The van der Waals surface area contributed by atoms with Crippen LogP contribution in [0.2, 0.25) is 0 Å². The van der Waals surface area contributed by atoms with Crippen LogP contribution in [-0.4, -0.2) is 23.0 Å². The molecule has 2 N–H and O–H groups in total. The lowest BCUT2D eigenvalue weighted by molar-refractivity contribution is -0.139. The summed E-state index contributed by atoms with van der Waals surface area (Å²) in [6.07, 6.45) is 0.211. The highest BCUT2D eigenvalue weighted by atomic mass is 79.9. The highest BCUT2D eigenvalue weighted by molar-refractivity contribution is 9.10. The van der Waals surface area contributed by atoms with Gasteiger partial charge in [-0.25, -0.2) is 4.79 Å². The number of hydrogen-bond acceptors (Lipinski definition) is 2. The van der Waals surface area contributed by atoms with Crippen LogP contribution in [0, 0.1) is 0 Å². The first-order valence-corrected chi connectivity index (χ1v) is 8.85. The van der Waals surface area contributed by atoms with Gasteiger partial charge in [0, 0.05) is 16.5 Å². The number of benzene rings is 2. The van der Waals surface area contributed by atoms with Crippen molar-refractivity contribution in [3.8, 4) is 0 Å². The molecule has 0 fully saturated rings. The van der Waals surface area contributed by atoms with Gasteiger partial charge in [0.25, 0.3) is 5.91 Å². The molecule has 0 aliphatic carbocycles. The number of carbonyl (C=O) groups is 2. The molecule has 2 aromatic carbocycles. The second-order valence-corrected chi connectivity index (χ2v) is 7.84. The quantitative estimate of drug-likeness (QED) is 0.786. The van der Waals surface area contributed by atoms with Gasteiger partial charge in [-0.2, -0.15) is 0 Å². The van der Waals surface area contributed by atoms with Crippen LogP contribution in [0.1, 0.15) is 42.3 Å². The number of carbonyl (C=O) groups excluding carboxylic acids is 1. The van der Waals surface area contributed by atoms with E-state index in [4.69, 9.17) is 0 Å². The molecule has 1 amide bonds. The molecule has 0 aliphatic rings. The van der Waals surface area contributed by atoms with E-state index in [9.17, 15) is 14.7 Å². The Morgan fingerprint density at radius 1 is 1.08 bits per heavy atom. The predicted molar refractivity (Wildman–Crippen MR) is 102 cm³/mol. The molecular formula is C20H22BrNO3. The maximum absolute atomic E-state index is 12.4. The zero-order valence-corrected chi connectivity index (χ0v) is 16.1. The van der Waals surface area contributed by atoms with E-state index in [0.717, 1.165) is 15.6 Å². The second-order valence-electron chi connectivity index (χ2n) is 6.99. The zero-order chi connectivity index (χ0) is 18.6. The minimum absolute atomic E-state index is 0.00179. The van der Waals surface area contributed by atoms with Crippen LogP contribution in [0.4, 0.5) is 0 Å². The van der Waals surface area contributed by atoms with E-state index in [1.165, 1.54) is 0 Å². The van der Waals surface area contributed by atoms with Gasteiger partial charge in [0.1, 0.15) is 6.04 Å². The van der Waals surface area contributed by atoms with Crippen molar-refractivity contribution in [2.75, 3.05) is 0 Å². The minimum Gasteiger partial charge on any atom is -0.480 e. The lowest BCUT2D eigenvalue weighted by Gasteiger charge is -2.19. The van der Waals surface area contributed by atoms with E-state index >= 15 is 0 Å². The van der Waals surface area contributed by atoms with E-state index in [-0.39, 0.29) is 17.7 Å². The van der Waals surface area contributed by atoms with Crippen molar-refractivity contribution in [2.24, 2.45) is 0 Å². The van der Waals surface area contributed by atoms with Crippen LogP contribution in [0.15, 0.2) is 53.0 Å². The Bertz CT molecular complexity index is 763. The molecule has 0 saturated carbocycles. The van der Waals surface area contributed by atoms with Crippen LogP contribution in [-0.2, 0) is 16.6 Å². The maximum Gasteiger partial charge on any atom is 0.326 e. The molecule has 5 heteroatoms. The molecule has 1 atom stereocenters. The van der Waals surface area contributed by atoms with Gasteiger partial charge in [-0.05, 0) is 34.7 Å². The average molecular weight is 404 g/mol. The van der Waals surface area contributed by atoms with Gasteiger partial charge >= 0.3 is 5.97 Å². The largest absolute Gasteiger partial charge is 0.480 e. The van der Waals surface area contributed by atoms with Gasteiger partial charge < -0.3 is 10.4 Å². The van der Waals surface area contributed by atoms with Crippen molar-refractivity contribution >= 4 is 27.8 Å². The number of nitrogens with one attached hydrogen (secondary N) is 1. The molecule has 0 aromatic heterocycles. The summed E-state index contributed by atoms with van der Waals surface area (Å²) in [4.78, 5) is 23.9. The summed E-state index contributed by atoms with van der Waals surface area (Å²) in [5.41, 5.74) is 2.40. The average Bonchev–Trinajstić information content (AvgIpc) is 2.55. The van der Waals surface area contributed by atoms with E-state index in [2.05, 4.69) is 42.0 Å². The van der Waals surface area contributed by atoms with Crippen molar-refractivity contribution in [2.45, 2.75) is 38.6 Å². The number of hydrogen-bond donors (Lipinski definition) is 2. The van der Waals surface area contributed by atoms with Gasteiger partial charge in [-0.3, -0.25) is 4.79 Å². The van der Waals surface area contributed by atoms with Crippen molar-refractivity contribution in [3.63, 3.8) is 0 Å². The first-order chi connectivity index (χ1) is 11.7. The Morgan fingerprint density at radius 3 is 2.20 bits per heavy atom. The van der Waals surface area contributed by atoms with Crippen molar-refractivity contribution in [1.82, 2.24) is 5.32 Å².